The minimum atomic E-state index is -3.35. The van der Waals surface area contributed by atoms with Crippen LogP contribution in [-0.4, -0.2) is 21.5 Å². The second kappa shape index (κ2) is 6.56. The predicted octanol–water partition coefficient (Wildman–Crippen LogP) is 2.72. The number of sulfonamides is 1. The smallest absolute Gasteiger partial charge is 0.250 e. The molecule has 0 unspecified atom stereocenters. The van der Waals surface area contributed by atoms with Gasteiger partial charge in [-0.15, -0.1) is 11.3 Å². The molecule has 2 N–H and O–H groups in total. The summed E-state index contributed by atoms with van der Waals surface area (Å²) in [6.07, 6.45) is 4.66. The lowest BCUT2D eigenvalue weighted by atomic mass is 9.89. The van der Waals surface area contributed by atoms with Crippen molar-refractivity contribution in [3.8, 4) is 0 Å². The molecular formula is C14H24N2O2S2. The second-order valence-electron chi connectivity index (χ2n) is 5.84. The van der Waals surface area contributed by atoms with Gasteiger partial charge in [0.05, 0.1) is 0 Å². The Morgan fingerprint density at radius 3 is 2.65 bits per heavy atom. The summed E-state index contributed by atoms with van der Waals surface area (Å²) in [5.41, 5.74) is 0.136. The van der Waals surface area contributed by atoms with Crippen molar-refractivity contribution in [1.29, 1.82) is 0 Å². The standard InChI is InChI=1S/C14H24N2O2S2/c1-3-15-10-12-6-7-13(19-12)20(17,18)16-11-14(2)8-4-5-9-14/h6-7,15-16H,3-5,8-11H2,1-2H3. The average molecular weight is 316 g/mol. The van der Waals surface area contributed by atoms with Crippen LogP contribution in [-0.2, 0) is 16.6 Å². The molecule has 4 nitrogen and oxygen atoms in total. The maximum absolute atomic E-state index is 12.3. The molecule has 0 spiro atoms. The van der Waals surface area contributed by atoms with Gasteiger partial charge in [0.25, 0.3) is 0 Å². The van der Waals surface area contributed by atoms with Gasteiger partial charge in [-0.25, -0.2) is 13.1 Å². The molecule has 1 aliphatic carbocycles. The Hall–Kier alpha value is -0.430. The highest BCUT2D eigenvalue weighted by Crippen LogP contribution is 2.37. The van der Waals surface area contributed by atoms with Gasteiger partial charge >= 0.3 is 0 Å². The molecule has 0 atom stereocenters. The Kier molecular flexibility index (Phi) is 5.23. The molecule has 1 heterocycles. The molecule has 0 amide bonds. The van der Waals surface area contributed by atoms with E-state index in [1.807, 2.05) is 13.0 Å². The molecule has 1 aromatic heterocycles. The summed E-state index contributed by atoms with van der Waals surface area (Å²) in [6.45, 7) is 6.38. The Balaban J connectivity index is 1.97. The van der Waals surface area contributed by atoms with Crippen LogP contribution in [0.4, 0.5) is 0 Å². The molecule has 1 fully saturated rings. The lowest BCUT2D eigenvalue weighted by molar-refractivity contribution is 0.336. The highest BCUT2D eigenvalue weighted by Gasteiger charge is 2.30. The maximum atomic E-state index is 12.3. The molecule has 0 radical (unpaired) electrons. The highest BCUT2D eigenvalue weighted by molar-refractivity contribution is 7.91. The summed E-state index contributed by atoms with van der Waals surface area (Å²) in [7, 11) is -3.35. The molecule has 20 heavy (non-hydrogen) atoms. The highest BCUT2D eigenvalue weighted by atomic mass is 32.2. The summed E-state index contributed by atoms with van der Waals surface area (Å²) in [4.78, 5) is 1.05. The van der Waals surface area contributed by atoms with Crippen molar-refractivity contribution in [2.75, 3.05) is 13.1 Å². The van der Waals surface area contributed by atoms with Gasteiger partial charge in [0.1, 0.15) is 4.21 Å². The SMILES string of the molecule is CCNCc1ccc(S(=O)(=O)NCC2(C)CCCC2)s1. The molecule has 0 bridgehead atoms. The molecule has 0 saturated heterocycles. The average Bonchev–Trinajstić information content (AvgIpc) is 3.04. The Labute approximate surface area is 126 Å². The topological polar surface area (TPSA) is 58.2 Å². The summed E-state index contributed by atoms with van der Waals surface area (Å²) >= 11 is 1.35. The molecule has 2 rings (SSSR count). The minimum absolute atomic E-state index is 0.136. The van der Waals surface area contributed by atoms with Crippen LogP contribution in [0.5, 0.6) is 0 Å². The van der Waals surface area contributed by atoms with E-state index in [0.29, 0.717) is 10.8 Å². The summed E-state index contributed by atoms with van der Waals surface area (Å²) in [5.74, 6) is 0. The van der Waals surface area contributed by atoms with E-state index in [-0.39, 0.29) is 5.41 Å². The first kappa shape index (κ1) is 15.9. The molecule has 6 heteroatoms. The minimum Gasteiger partial charge on any atom is -0.312 e. The van der Waals surface area contributed by atoms with Crippen LogP contribution in [0.15, 0.2) is 16.3 Å². The van der Waals surface area contributed by atoms with Crippen LogP contribution in [0.25, 0.3) is 0 Å². The van der Waals surface area contributed by atoms with Crippen LogP contribution in [0.2, 0.25) is 0 Å². The van der Waals surface area contributed by atoms with Crippen molar-refractivity contribution in [2.45, 2.75) is 50.3 Å². The largest absolute Gasteiger partial charge is 0.312 e. The molecule has 1 aliphatic rings. The van der Waals surface area contributed by atoms with E-state index in [1.165, 1.54) is 24.2 Å². The summed E-state index contributed by atoms with van der Waals surface area (Å²) in [5, 5.41) is 3.21. The van der Waals surface area contributed by atoms with E-state index >= 15 is 0 Å². The van der Waals surface area contributed by atoms with E-state index in [2.05, 4.69) is 17.0 Å². The second-order valence-corrected chi connectivity index (χ2v) is 9.01. The Bertz CT molecular complexity index is 531. The Morgan fingerprint density at radius 1 is 1.30 bits per heavy atom. The molecule has 0 aliphatic heterocycles. The monoisotopic (exact) mass is 316 g/mol. The third-order valence-corrected chi connectivity index (χ3v) is 6.93. The lowest BCUT2D eigenvalue weighted by Crippen LogP contribution is -2.33. The van der Waals surface area contributed by atoms with Crippen molar-refractivity contribution >= 4 is 21.4 Å². The van der Waals surface area contributed by atoms with Crippen molar-refractivity contribution < 1.29 is 8.42 Å². The van der Waals surface area contributed by atoms with E-state index in [4.69, 9.17) is 0 Å². The molecule has 0 aromatic carbocycles. The Morgan fingerprint density at radius 2 is 2.00 bits per heavy atom. The fourth-order valence-electron chi connectivity index (χ4n) is 2.59. The quantitative estimate of drug-likeness (QED) is 0.813. The van der Waals surface area contributed by atoms with Gasteiger partial charge < -0.3 is 5.32 Å². The van der Waals surface area contributed by atoms with E-state index < -0.39 is 10.0 Å². The normalized spacial score (nSPS) is 18.5. The van der Waals surface area contributed by atoms with Gasteiger partial charge in [-0.2, -0.15) is 0 Å². The van der Waals surface area contributed by atoms with Crippen molar-refractivity contribution in [1.82, 2.24) is 10.0 Å². The first-order valence-electron chi connectivity index (χ1n) is 7.24. The summed E-state index contributed by atoms with van der Waals surface area (Å²) in [6, 6.07) is 3.59. The number of hydrogen-bond donors (Lipinski definition) is 2. The van der Waals surface area contributed by atoms with Crippen LogP contribution in [0, 0.1) is 5.41 Å². The van der Waals surface area contributed by atoms with Crippen molar-refractivity contribution in [3.05, 3.63) is 17.0 Å². The lowest BCUT2D eigenvalue weighted by Gasteiger charge is -2.23. The number of thiophene rings is 1. The van der Waals surface area contributed by atoms with Gasteiger partial charge in [0.15, 0.2) is 0 Å². The van der Waals surface area contributed by atoms with Crippen LogP contribution < -0.4 is 10.0 Å². The van der Waals surface area contributed by atoms with Gasteiger partial charge in [0.2, 0.25) is 10.0 Å². The molecule has 114 valence electrons. The first-order valence-corrected chi connectivity index (χ1v) is 9.54. The fraction of sp³-hybridized carbons (Fsp3) is 0.714. The number of rotatable bonds is 7. The zero-order valence-electron chi connectivity index (χ0n) is 12.2. The van der Waals surface area contributed by atoms with Gasteiger partial charge in [0, 0.05) is 18.0 Å². The van der Waals surface area contributed by atoms with Crippen LogP contribution >= 0.6 is 11.3 Å². The van der Waals surface area contributed by atoms with E-state index in [1.54, 1.807) is 6.07 Å². The van der Waals surface area contributed by atoms with Gasteiger partial charge in [-0.1, -0.05) is 26.7 Å². The van der Waals surface area contributed by atoms with Gasteiger partial charge in [-0.05, 0) is 36.9 Å². The predicted molar refractivity (Wildman–Crippen MR) is 83.5 cm³/mol. The maximum Gasteiger partial charge on any atom is 0.250 e. The van der Waals surface area contributed by atoms with Crippen molar-refractivity contribution in [2.24, 2.45) is 5.41 Å². The van der Waals surface area contributed by atoms with Crippen molar-refractivity contribution in [3.63, 3.8) is 0 Å². The summed E-state index contributed by atoms with van der Waals surface area (Å²) < 4.78 is 27.8. The van der Waals surface area contributed by atoms with E-state index in [0.717, 1.165) is 30.8 Å². The third kappa shape index (κ3) is 4.04. The van der Waals surface area contributed by atoms with Crippen LogP contribution in [0.3, 0.4) is 0 Å². The third-order valence-electron chi connectivity index (χ3n) is 3.95. The zero-order valence-corrected chi connectivity index (χ0v) is 13.9. The molecule has 1 aromatic rings. The fourth-order valence-corrected chi connectivity index (χ4v) is 5.16. The zero-order chi connectivity index (χ0) is 14.6. The van der Waals surface area contributed by atoms with E-state index in [9.17, 15) is 8.42 Å². The number of hydrogen-bond acceptors (Lipinski definition) is 4. The number of nitrogens with one attached hydrogen (secondary N) is 2. The van der Waals surface area contributed by atoms with Gasteiger partial charge in [-0.3, -0.25) is 0 Å². The molecule has 1 saturated carbocycles. The molecular weight excluding hydrogens is 292 g/mol. The first-order chi connectivity index (χ1) is 9.45. The van der Waals surface area contributed by atoms with Crippen LogP contribution in [0.1, 0.15) is 44.4 Å².